The number of hydrogen-bond acceptors (Lipinski definition) is 5. The van der Waals surface area contributed by atoms with E-state index in [1.54, 1.807) is 30.0 Å². The molecule has 2 aromatic rings. The van der Waals surface area contributed by atoms with E-state index < -0.39 is 11.0 Å². The van der Waals surface area contributed by atoms with E-state index in [-0.39, 0.29) is 17.6 Å². The first-order chi connectivity index (χ1) is 12.0. The molecular formula is C18H20N2O5. The predicted octanol–water partition coefficient (Wildman–Crippen LogP) is 3.22. The molecule has 132 valence electrons. The fourth-order valence-electron chi connectivity index (χ4n) is 3.36. The first-order valence-electron chi connectivity index (χ1n) is 8.25. The Labute approximate surface area is 145 Å². The molecule has 1 amide bonds. The fraction of sp³-hybridized carbons (Fsp3) is 0.389. The van der Waals surface area contributed by atoms with Gasteiger partial charge < -0.3 is 14.4 Å². The second kappa shape index (κ2) is 7.06. The van der Waals surface area contributed by atoms with Crippen LogP contribution in [-0.2, 0) is 0 Å². The zero-order valence-corrected chi connectivity index (χ0v) is 13.9. The third-order valence-corrected chi connectivity index (χ3v) is 4.65. The summed E-state index contributed by atoms with van der Waals surface area (Å²) in [4.78, 5) is 25.0. The minimum Gasteiger partial charge on any atom is -0.467 e. The van der Waals surface area contributed by atoms with Crippen molar-refractivity contribution < 1.29 is 19.2 Å². The molecule has 2 unspecified atom stereocenters. The van der Waals surface area contributed by atoms with Gasteiger partial charge in [0.25, 0.3) is 11.6 Å². The molecule has 1 fully saturated rings. The van der Waals surface area contributed by atoms with Crippen LogP contribution in [0.3, 0.4) is 0 Å². The van der Waals surface area contributed by atoms with E-state index in [9.17, 15) is 20.0 Å². The highest BCUT2D eigenvalue weighted by Crippen LogP contribution is 2.29. The summed E-state index contributed by atoms with van der Waals surface area (Å²) >= 11 is 0. The van der Waals surface area contributed by atoms with Gasteiger partial charge in [-0.15, -0.1) is 0 Å². The molecule has 1 aromatic carbocycles. The lowest BCUT2D eigenvalue weighted by Gasteiger charge is -2.26. The summed E-state index contributed by atoms with van der Waals surface area (Å²) in [5.74, 6) is 0.331. The third kappa shape index (κ3) is 3.56. The van der Waals surface area contributed by atoms with E-state index in [0.717, 1.165) is 12.8 Å². The zero-order chi connectivity index (χ0) is 18.0. The molecule has 2 heterocycles. The number of aliphatic hydroxyl groups is 1. The summed E-state index contributed by atoms with van der Waals surface area (Å²) in [6, 6.07) is 7.76. The SMILES string of the molecule is Cc1cc(C(=O)N2CCCC2CC(O)c2ccco2)ccc1[N+](=O)[O-]. The molecule has 2 atom stereocenters. The Kier molecular flexibility index (Phi) is 4.85. The lowest BCUT2D eigenvalue weighted by Crippen LogP contribution is -2.36. The van der Waals surface area contributed by atoms with Crippen LogP contribution in [0.1, 0.15) is 47.0 Å². The predicted molar refractivity (Wildman–Crippen MR) is 90.2 cm³/mol. The van der Waals surface area contributed by atoms with Gasteiger partial charge >= 0.3 is 0 Å². The first-order valence-corrected chi connectivity index (χ1v) is 8.25. The first kappa shape index (κ1) is 17.2. The largest absolute Gasteiger partial charge is 0.467 e. The quantitative estimate of drug-likeness (QED) is 0.663. The number of likely N-dealkylation sites (tertiary alicyclic amines) is 1. The molecule has 1 saturated heterocycles. The molecular weight excluding hydrogens is 324 g/mol. The molecule has 0 spiro atoms. The van der Waals surface area contributed by atoms with Crippen molar-refractivity contribution in [3.63, 3.8) is 0 Å². The normalized spacial score (nSPS) is 18.3. The molecule has 1 aromatic heterocycles. The van der Waals surface area contributed by atoms with Crippen LogP contribution in [0.2, 0.25) is 0 Å². The van der Waals surface area contributed by atoms with Crippen LogP contribution in [-0.4, -0.2) is 33.4 Å². The average molecular weight is 344 g/mol. The number of hydrogen-bond donors (Lipinski definition) is 1. The molecule has 7 nitrogen and oxygen atoms in total. The lowest BCUT2D eigenvalue weighted by molar-refractivity contribution is -0.385. The molecule has 1 N–H and O–H groups in total. The van der Waals surface area contributed by atoms with Crippen LogP contribution >= 0.6 is 0 Å². The summed E-state index contributed by atoms with van der Waals surface area (Å²) in [5, 5.41) is 21.2. The van der Waals surface area contributed by atoms with Gasteiger partial charge in [0.15, 0.2) is 0 Å². The molecule has 0 saturated carbocycles. The van der Waals surface area contributed by atoms with Crippen LogP contribution in [0.25, 0.3) is 0 Å². The fourth-order valence-corrected chi connectivity index (χ4v) is 3.36. The van der Waals surface area contributed by atoms with Gasteiger partial charge in [0.2, 0.25) is 0 Å². The van der Waals surface area contributed by atoms with E-state index in [1.807, 2.05) is 0 Å². The highest BCUT2D eigenvalue weighted by molar-refractivity contribution is 5.95. The number of aryl methyl sites for hydroxylation is 1. The Balaban J connectivity index is 1.74. The van der Waals surface area contributed by atoms with Crippen molar-refractivity contribution in [2.45, 2.75) is 38.3 Å². The van der Waals surface area contributed by atoms with Crippen molar-refractivity contribution in [2.24, 2.45) is 0 Å². The Bertz CT molecular complexity index is 772. The number of furan rings is 1. The van der Waals surface area contributed by atoms with Gasteiger partial charge in [0.05, 0.1) is 11.2 Å². The average Bonchev–Trinajstić information content (AvgIpc) is 3.25. The maximum absolute atomic E-state index is 12.8. The molecule has 0 aliphatic carbocycles. The number of amides is 1. The van der Waals surface area contributed by atoms with E-state index in [2.05, 4.69) is 0 Å². The number of nitro benzene ring substituents is 1. The number of nitro groups is 1. The Hall–Kier alpha value is -2.67. The number of carbonyl (C=O) groups excluding carboxylic acids is 1. The molecule has 1 aliphatic rings. The number of carbonyl (C=O) groups is 1. The van der Waals surface area contributed by atoms with E-state index in [1.165, 1.54) is 18.4 Å². The summed E-state index contributed by atoms with van der Waals surface area (Å²) in [7, 11) is 0. The Morgan fingerprint density at radius 2 is 2.28 bits per heavy atom. The second-order valence-corrected chi connectivity index (χ2v) is 6.32. The van der Waals surface area contributed by atoms with Crippen LogP contribution in [0, 0.1) is 17.0 Å². The van der Waals surface area contributed by atoms with Crippen LogP contribution in [0.15, 0.2) is 41.0 Å². The third-order valence-electron chi connectivity index (χ3n) is 4.65. The molecule has 0 bridgehead atoms. The number of nitrogens with zero attached hydrogens (tertiary/aromatic N) is 2. The van der Waals surface area contributed by atoms with Gasteiger partial charge in [-0.05, 0) is 44.0 Å². The monoisotopic (exact) mass is 344 g/mol. The number of rotatable bonds is 5. The molecule has 3 rings (SSSR count). The Morgan fingerprint density at radius 3 is 2.92 bits per heavy atom. The van der Waals surface area contributed by atoms with Crippen LogP contribution in [0.4, 0.5) is 5.69 Å². The highest BCUT2D eigenvalue weighted by atomic mass is 16.6. The van der Waals surface area contributed by atoms with Crippen LogP contribution < -0.4 is 0 Å². The molecule has 7 heteroatoms. The topological polar surface area (TPSA) is 96.8 Å². The zero-order valence-electron chi connectivity index (χ0n) is 13.9. The maximum atomic E-state index is 12.8. The number of benzene rings is 1. The van der Waals surface area contributed by atoms with Gasteiger partial charge in [-0.25, -0.2) is 0 Å². The molecule has 0 radical (unpaired) electrons. The van der Waals surface area contributed by atoms with Gasteiger partial charge in [-0.1, -0.05) is 0 Å². The highest BCUT2D eigenvalue weighted by Gasteiger charge is 2.32. The van der Waals surface area contributed by atoms with E-state index in [0.29, 0.717) is 29.9 Å². The van der Waals surface area contributed by atoms with Gasteiger partial charge in [-0.2, -0.15) is 0 Å². The van der Waals surface area contributed by atoms with Gasteiger partial charge in [0, 0.05) is 36.2 Å². The van der Waals surface area contributed by atoms with Crippen LogP contribution in [0.5, 0.6) is 0 Å². The van der Waals surface area contributed by atoms with Crippen molar-refractivity contribution in [1.82, 2.24) is 4.90 Å². The van der Waals surface area contributed by atoms with Gasteiger partial charge in [-0.3, -0.25) is 14.9 Å². The minimum atomic E-state index is -0.757. The summed E-state index contributed by atoms with van der Waals surface area (Å²) in [6.07, 6.45) is 2.84. The van der Waals surface area contributed by atoms with Crippen molar-refractivity contribution in [3.8, 4) is 0 Å². The summed E-state index contributed by atoms with van der Waals surface area (Å²) in [5.41, 5.74) is 0.896. The number of aliphatic hydroxyl groups excluding tert-OH is 1. The van der Waals surface area contributed by atoms with E-state index >= 15 is 0 Å². The standard InChI is InChI=1S/C18H20N2O5/c1-12-10-13(6-7-15(12)20(23)24)18(22)19-8-2-4-14(19)11-16(21)17-5-3-9-25-17/h3,5-7,9-10,14,16,21H,2,4,8,11H2,1H3. The smallest absolute Gasteiger partial charge is 0.272 e. The summed E-state index contributed by atoms with van der Waals surface area (Å²) < 4.78 is 5.22. The minimum absolute atomic E-state index is 0.00256. The van der Waals surface area contributed by atoms with Crippen molar-refractivity contribution >= 4 is 11.6 Å². The van der Waals surface area contributed by atoms with Crippen molar-refractivity contribution in [3.05, 3.63) is 63.6 Å². The lowest BCUT2D eigenvalue weighted by atomic mass is 10.0. The van der Waals surface area contributed by atoms with E-state index in [4.69, 9.17) is 4.42 Å². The van der Waals surface area contributed by atoms with Gasteiger partial charge in [0.1, 0.15) is 11.9 Å². The molecule has 25 heavy (non-hydrogen) atoms. The van der Waals surface area contributed by atoms with Crippen molar-refractivity contribution in [1.29, 1.82) is 0 Å². The molecule has 1 aliphatic heterocycles. The summed E-state index contributed by atoms with van der Waals surface area (Å²) in [6.45, 7) is 2.24. The second-order valence-electron chi connectivity index (χ2n) is 6.32. The van der Waals surface area contributed by atoms with Crippen molar-refractivity contribution in [2.75, 3.05) is 6.54 Å². The Morgan fingerprint density at radius 1 is 1.48 bits per heavy atom. The maximum Gasteiger partial charge on any atom is 0.272 e.